The molecule has 0 spiro atoms. The van der Waals surface area contributed by atoms with Crippen molar-refractivity contribution in [2.24, 2.45) is 5.92 Å². The summed E-state index contributed by atoms with van der Waals surface area (Å²) in [5.41, 5.74) is 0. The Bertz CT molecular complexity index is 535. The van der Waals surface area contributed by atoms with Crippen molar-refractivity contribution in [1.29, 1.82) is 0 Å². The minimum atomic E-state index is -3.75. The molecule has 0 aliphatic heterocycles. The van der Waals surface area contributed by atoms with Crippen LogP contribution in [0.2, 0.25) is 0 Å². The molecule has 19 heavy (non-hydrogen) atoms. The number of thiophene rings is 1. The number of hydrogen-bond donors (Lipinski definition) is 3. The number of aromatic carboxylic acids is 1. The standard InChI is InChI=1S/C11H17NO5S2/c1-7(2)9(3-4-13)12-19(16,17)8-5-10(11(14)15)18-6-8/h5-7,9,12-13H,3-4H2,1-2H3,(H,14,15). The molecule has 3 N–H and O–H groups in total. The van der Waals surface area contributed by atoms with Crippen LogP contribution in [0.4, 0.5) is 0 Å². The molecule has 0 saturated heterocycles. The van der Waals surface area contributed by atoms with Crippen molar-refractivity contribution < 1.29 is 23.4 Å². The quantitative estimate of drug-likeness (QED) is 0.700. The van der Waals surface area contributed by atoms with Gasteiger partial charge in [-0.2, -0.15) is 0 Å². The molecule has 108 valence electrons. The fourth-order valence-corrected chi connectivity index (χ4v) is 4.04. The summed E-state index contributed by atoms with van der Waals surface area (Å²) < 4.78 is 26.6. The van der Waals surface area contributed by atoms with E-state index in [1.165, 1.54) is 5.38 Å². The SMILES string of the molecule is CC(C)C(CCO)NS(=O)(=O)c1csc(C(=O)O)c1. The van der Waals surface area contributed by atoms with Gasteiger partial charge in [-0.05, 0) is 18.4 Å². The molecule has 6 nitrogen and oxygen atoms in total. The molecule has 0 amide bonds. The minimum absolute atomic E-state index is 0.0244. The smallest absolute Gasteiger partial charge is 0.345 e. The van der Waals surface area contributed by atoms with Gasteiger partial charge < -0.3 is 10.2 Å². The lowest BCUT2D eigenvalue weighted by atomic mass is 10.0. The number of carboxylic acid groups (broad SMARTS) is 1. The highest BCUT2D eigenvalue weighted by Gasteiger charge is 2.24. The zero-order valence-electron chi connectivity index (χ0n) is 10.7. The first-order chi connectivity index (χ1) is 8.77. The number of aliphatic hydroxyl groups excluding tert-OH is 1. The zero-order valence-corrected chi connectivity index (χ0v) is 12.3. The Morgan fingerprint density at radius 3 is 2.53 bits per heavy atom. The van der Waals surface area contributed by atoms with Crippen molar-refractivity contribution in [2.45, 2.75) is 31.2 Å². The van der Waals surface area contributed by atoms with Gasteiger partial charge in [0.05, 0.1) is 4.90 Å². The molecule has 1 unspecified atom stereocenters. The average molecular weight is 307 g/mol. The predicted molar refractivity (Wildman–Crippen MR) is 71.9 cm³/mol. The maximum atomic E-state index is 12.1. The third-order valence-electron chi connectivity index (χ3n) is 2.65. The summed E-state index contributed by atoms with van der Waals surface area (Å²) in [5, 5.41) is 19.0. The molecule has 0 aliphatic rings. The van der Waals surface area contributed by atoms with Crippen LogP contribution in [0, 0.1) is 5.92 Å². The second kappa shape index (κ2) is 6.47. The van der Waals surface area contributed by atoms with Crippen molar-refractivity contribution in [3.8, 4) is 0 Å². The first-order valence-corrected chi connectivity index (χ1v) is 8.09. The highest BCUT2D eigenvalue weighted by molar-refractivity contribution is 7.89. The normalized spacial score (nSPS) is 13.7. The number of rotatable bonds is 7. The van der Waals surface area contributed by atoms with Gasteiger partial charge in [0, 0.05) is 18.0 Å². The van der Waals surface area contributed by atoms with Gasteiger partial charge in [0.1, 0.15) is 4.88 Å². The molecule has 1 aromatic rings. The molecule has 1 aromatic heterocycles. The van der Waals surface area contributed by atoms with E-state index in [-0.39, 0.29) is 28.3 Å². The van der Waals surface area contributed by atoms with Gasteiger partial charge in [0.15, 0.2) is 0 Å². The predicted octanol–water partition coefficient (Wildman–Crippen LogP) is 1.13. The second-order valence-electron chi connectivity index (χ2n) is 4.44. The van der Waals surface area contributed by atoms with Crippen LogP contribution < -0.4 is 4.72 Å². The second-order valence-corrected chi connectivity index (χ2v) is 7.06. The molecule has 1 rings (SSSR count). The van der Waals surface area contributed by atoms with E-state index >= 15 is 0 Å². The van der Waals surface area contributed by atoms with Gasteiger partial charge in [-0.1, -0.05) is 13.8 Å². The maximum Gasteiger partial charge on any atom is 0.345 e. The van der Waals surface area contributed by atoms with E-state index in [0.29, 0.717) is 6.42 Å². The van der Waals surface area contributed by atoms with Crippen LogP contribution in [0.15, 0.2) is 16.3 Å². The molecule has 0 aliphatic carbocycles. The summed E-state index contributed by atoms with van der Waals surface area (Å²) in [4.78, 5) is 10.7. The van der Waals surface area contributed by atoms with Crippen molar-refractivity contribution in [1.82, 2.24) is 4.72 Å². The van der Waals surface area contributed by atoms with Gasteiger partial charge in [-0.25, -0.2) is 17.9 Å². The van der Waals surface area contributed by atoms with Crippen molar-refractivity contribution >= 4 is 27.3 Å². The van der Waals surface area contributed by atoms with E-state index in [1.807, 2.05) is 13.8 Å². The Morgan fingerprint density at radius 1 is 1.47 bits per heavy atom. The number of hydrogen-bond acceptors (Lipinski definition) is 5. The van der Waals surface area contributed by atoms with Crippen LogP contribution in [0.3, 0.4) is 0 Å². The molecule has 8 heteroatoms. The van der Waals surface area contributed by atoms with Crippen LogP contribution in [0.5, 0.6) is 0 Å². The fourth-order valence-electron chi connectivity index (χ4n) is 1.51. The molecular formula is C11H17NO5S2. The van der Waals surface area contributed by atoms with Gasteiger partial charge >= 0.3 is 5.97 Å². The largest absolute Gasteiger partial charge is 0.477 e. The Kier molecular flexibility index (Phi) is 5.48. The topological polar surface area (TPSA) is 104 Å². The third kappa shape index (κ3) is 4.27. The monoisotopic (exact) mass is 307 g/mol. The molecular weight excluding hydrogens is 290 g/mol. The third-order valence-corrected chi connectivity index (χ3v) is 5.18. The van der Waals surface area contributed by atoms with Crippen LogP contribution in [0.25, 0.3) is 0 Å². The molecule has 0 fully saturated rings. The maximum absolute atomic E-state index is 12.1. The Balaban J connectivity index is 2.93. The van der Waals surface area contributed by atoms with Crippen LogP contribution in [-0.4, -0.2) is 37.2 Å². The summed E-state index contributed by atoms with van der Waals surface area (Å²) in [6, 6.07) is 0.745. The molecule has 0 aromatic carbocycles. The van der Waals surface area contributed by atoms with Gasteiger partial charge in [-0.15, -0.1) is 11.3 Å². The molecule has 1 heterocycles. The fraction of sp³-hybridized carbons (Fsp3) is 0.545. The van der Waals surface area contributed by atoms with E-state index in [9.17, 15) is 13.2 Å². The summed E-state index contributed by atoms with van der Waals surface area (Å²) in [6.07, 6.45) is 0.312. The zero-order chi connectivity index (χ0) is 14.6. The van der Waals surface area contributed by atoms with Crippen LogP contribution >= 0.6 is 11.3 Å². The Labute approximate surface area is 116 Å². The summed E-state index contributed by atoms with van der Waals surface area (Å²) >= 11 is 0.865. The minimum Gasteiger partial charge on any atom is -0.477 e. The number of aliphatic hydroxyl groups is 1. The van der Waals surface area contributed by atoms with E-state index in [4.69, 9.17) is 10.2 Å². The molecule has 0 saturated carbocycles. The number of sulfonamides is 1. The molecule has 0 radical (unpaired) electrons. The first kappa shape index (κ1) is 16.1. The highest BCUT2D eigenvalue weighted by atomic mass is 32.2. The lowest BCUT2D eigenvalue weighted by molar-refractivity contribution is 0.0702. The molecule has 1 atom stereocenters. The van der Waals surface area contributed by atoms with E-state index < -0.39 is 16.0 Å². The summed E-state index contributed by atoms with van der Waals surface area (Å²) in [5.74, 6) is -1.12. The van der Waals surface area contributed by atoms with Crippen molar-refractivity contribution in [3.05, 3.63) is 16.3 Å². The lowest BCUT2D eigenvalue weighted by Crippen LogP contribution is -2.39. The van der Waals surface area contributed by atoms with E-state index in [0.717, 1.165) is 17.4 Å². The lowest BCUT2D eigenvalue weighted by Gasteiger charge is -2.20. The summed E-state index contributed by atoms with van der Waals surface area (Å²) in [7, 11) is -3.75. The van der Waals surface area contributed by atoms with E-state index in [2.05, 4.69) is 4.72 Å². The van der Waals surface area contributed by atoms with Crippen LogP contribution in [0.1, 0.15) is 29.9 Å². The number of carbonyl (C=O) groups is 1. The number of nitrogens with one attached hydrogen (secondary N) is 1. The van der Waals surface area contributed by atoms with Crippen LogP contribution in [-0.2, 0) is 10.0 Å². The first-order valence-electron chi connectivity index (χ1n) is 5.73. The highest BCUT2D eigenvalue weighted by Crippen LogP contribution is 2.20. The van der Waals surface area contributed by atoms with Gasteiger partial charge in [0.2, 0.25) is 10.0 Å². The van der Waals surface area contributed by atoms with Gasteiger partial charge in [-0.3, -0.25) is 0 Å². The van der Waals surface area contributed by atoms with Crippen molar-refractivity contribution in [3.63, 3.8) is 0 Å². The Morgan fingerprint density at radius 2 is 2.11 bits per heavy atom. The average Bonchev–Trinajstić information content (AvgIpc) is 2.78. The van der Waals surface area contributed by atoms with Crippen molar-refractivity contribution in [2.75, 3.05) is 6.61 Å². The number of carboxylic acids is 1. The Hall–Kier alpha value is -0.960. The van der Waals surface area contributed by atoms with E-state index in [1.54, 1.807) is 0 Å². The van der Waals surface area contributed by atoms with Gasteiger partial charge in [0.25, 0.3) is 0 Å². The summed E-state index contributed by atoms with van der Waals surface area (Å²) in [6.45, 7) is 3.58. The molecule has 0 bridgehead atoms.